The smallest absolute Gasteiger partial charge is 0.0270 e. The van der Waals surface area contributed by atoms with Crippen molar-refractivity contribution in [2.24, 2.45) is 0 Å². The number of hydrogen-bond donors (Lipinski definition) is 0. The first-order valence-electron chi connectivity index (χ1n) is 14.9. The van der Waals surface area contributed by atoms with Gasteiger partial charge in [0.05, 0.1) is 0 Å². The Hall–Kier alpha value is -4.86. The monoisotopic (exact) mass is 542 g/mol. The lowest BCUT2D eigenvalue weighted by atomic mass is 9.90. The molecule has 3 aromatic rings. The Kier molecular flexibility index (Phi) is 9.66. The normalized spacial score (nSPS) is 17.1. The van der Waals surface area contributed by atoms with Crippen molar-refractivity contribution in [2.75, 3.05) is 0 Å². The van der Waals surface area contributed by atoms with Crippen LogP contribution in [0, 0.1) is 12.3 Å². The minimum Gasteiger partial charge on any atom is -0.120 e. The van der Waals surface area contributed by atoms with Crippen LogP contribution >= 0.6 is 0 Å². The van der Waals surface area contributed by atoms with Crippen molar-refractivity contribution in [3.8, 4) is 12.3 Å². The molecule has 0 aliphatic heterocycles. The van der Waals surface area contributed by atoms with E-state index < -0.39 is 0 Å². The zero-order valence-electron chi connectivity index (χ0n) is 24.7. The molecule has 0 N–H and O–H groups in total. The van der Waals surface area contributed by atoms with Gasteiger partial charge in [-0.2, -0.15) is 0 Å². The maximum absolute atomic E-state index is 5.56. The van der Waals surface area contributed by atoms with Gasteiger partial charge in [-0.3, -0.25) is 0 Å². The Balaban J connectivity index is 1.48. The average Bonchev–Trinajstić information content (AvgIpc) is 3.33. The predicted molar refractivity (Wildman–Crippen MR) is 184 cm³/mol. The van der Waals surface area contributed by atoms with Crippen molar-refractivity contribution < 1.29 is 0 Å². The SMILES string of the molecule is C#CC/C=C\C1=C(Cc2ccc(C\C=C/C(/C=C\C=C/C)=C3/C=CC=CC3)c3ccccc23)C(=C\C)/c2ccccc21. The van der Waals surface area contributed by atoms with Gasteiger partial charge < -0.3 is 0 Å². The highest BCUT2D eigenvalue weighted by atomic mass is 14.3. The molecule has 0 aromatic heterocycles. The van der Waals surface area contributed by atoms with E-state index in [0.29, 0.717) is 6.42 Å². The van der Waals surface area contributed by atoms with Gasteiger partial charge in [-0.05, 0) is 94.0 Å². The largest absolute Gasteiger partial charge is 0.120 e. The van der Waals surface area contributed by atoms with Crippen LogP contribution in [0.15, 0.2) is 156 Å². The van der Waals surface area contributed by atoms with Gasteiger partial charge >= 0.3 is 0 Å². The molecule has 0 radical (unpaired) electrons. The summed E-state index contributed by atoms with van der Waals surface area (Å²) in [4.78, 5) is 0. The van der Waals surface area contributed by atoms with Crippen LogP contribution in [0.25, 0.3) is 21.9 Å². The summed E-state index contributed by atoms with van der Waals surface area (Å²) in [7, 11) is 0. The second kappa shape index (κ2) is 14.2. The molecular weight excluding hydrogens is 504 g/mol. The fourth-order valence-electron chi connectivity index (χ4n) is 5.91. The highest BCUT2D eigenvalue weighted by Gasteiger charge is 2.24. The Morgan fingerprint density at radius 2 is 1.60 bits per heavy atom. The minimum absolute atomic E-state index is 0.631. The number of fused-ring (bicyclic) bond motifs is 2. The van der Waals surface area contributed by atoms with E-state index >= 15 is 0 Å². The summed E-state index contributed by atoms with van der Waals surface area (Å²) in [6.07, 6.45) is 37.2. The van der Waals surface area contributed by atoms with E-state index in [4.69, 9.17) is 6.42 Å². The molecule has 0 spiro atoms. The number of rotatable bonds is 9. The van der Waals surface area contributed by atoms with E-state index in [1.54, 1.807) is 0 Å². The minimum atomic E-state index is 0.631. The van der Waals surface area contributed by atoms with Crippen molar-refractivity contribution in [3.05, 3.63) is 179 Å². The first kappa shape index (κ1) is 28.7. The van der Waals surface area contributed by atoms with Crippen LogP contribution in [0.5, 0.6) is 0 Å². The van der Waals surface area contributed by atoms with Crippen LogP contribution in [-0.2, 0) is 12.8 Å². The topological polar surface area (TPSA) is 0 Å². The molecule has 0 saturated heterocycles. The van der Waals surface area contributed by atoms with Crippen LogP contribution in [0.2, 0.25) is 0 Å². The van der Waals surface area contributed by atoms with Gasteiger partial charge in [0.25, 0.3) is 0 Å². The summed E-state index contributed by atoms with van der Waals surface area (Å²) in [6, 6.07) is 22.2. The lowest BCUT2D eigenvalue weighted by Crippen LogP contribution is -1.96. The van der Waals surface area contributed by atoms with Crippen molar-refractivity contribution in [1.29, 1.82) is 0 Å². The molecule has 0 bridgehead atoms. The van der Waals surface area contributed by atoms with Crippen LogP contribution in [0.1, 0.15) is 48.9 Å². The maximum Gasteiger partial charge on any atom is 0.0270 e. The third-order valence-electron chi connectivity index (χ3n) is 7.91. The summed E-state index contributed by atoms with van der Waals surface area (Å²) >= 11 is 0. The molecule has 0 unspecified atom stereocenters. The second-order valence-electron chi connectivity index (χ2n) is 10.5. The number of benzene rings is 3. The molecule has 206 valence electrons. The highest BCUT2D eigenvalue weighted by Crippen LogP contribution is 2.44. The number of allylic oxidation sites excluding steroid dienone is 18. The lowest BCUT2D eigenvalue weighted by molar-refractivity contribution is 1.21. The summed E-state index contributed by atoms with van der Waals surface area (Å²) in [5.41, 5.74) is 11.8. The van der Waals surface area contributed by atoms with Crippen molar-refractivity contribution in [1.82, 2.24) is 0 Å². The molecule has 0 fully saturated rings. The molecule has 42 heavy (non-hydrogen) atoms. The Labute approximate surface area is 251 Å². The van der Waals surface area contributed by atoms with Crippen LogP contribution < -0.4 is 0 Å². The van der Waals surface area contributed by atoms with Crippen molar-refractivity contribution in [2.45, 2.75) is 39.5 Å². The van der Waals surface area contributed by atoms with Gasteiger partial charge in [-0.1, -0.05) is 140 Å². The Morgan fingerprint density at radius 1 is 0.833 bits per heavy atom. The summed E-state index contributed by atoms with van der Waals surface area (Å²) in [5, 5.41) is 2.64. The van der Waals surface area contributed by atoms with Gasteiger partial charge in [-0.15, -0.1) is 12.3 Å². The van der Waals surface area contributed by atoms with Gasteiger partial charge in [0, 0.05) is 6.42 Å². The molecule has 2 aliphatic carbocycles. The van der Waals surface area contributed by atoms with Gasteiger partial charge in [-0.25, -0.2) is 0 Å². The molecule has 0 saturated carbocycles. The predicted octanol–water partition coefficient (Wildman–Crippen LogP) is 10.9. The Bertz CT molecular complexity index is 1780. The summed E-state index contributed by atoms with van der Waals surface area (Å²) in [5.74, 6) is 2.75. The summed E-state index contributed by atoms with van der Waals surface area (Å²) < 4.78 is 0. The van der Waals surface area contributed by atoms with E-state index in [0.717, 1.165) is 19.3 Å². The first-order valence-corrected chi connectivity index (χ1v) is 14.9. The molecule has 0 atom stereocenters. The third-order valence-corrected chi connectivity index (χ3v) is 7.91. The molecule has 0 nitrogen and oxygen atoms in total. The van der Waals surface area contributed by atoms with E-state index in [2.05, 4.69) is 152 Å². The van der Waals surface area contributed by atoms with E-state index in [-0.39, 0.29) is 0 Å². The van der Waals surface area contributed by atoms with Crippen molar-refractivity contribution in [3.63, 3.8) is 0 Å². The fourth-order valence-corrected chi connectivity index (χ4v) is 5.91. The van der Waals surface area contributed by atoms with E-state index in [9.17, 15) is 0 Å². The zero-order chi connectivity index (χ0) is 29.1. The number of hydrogen-bond acceptors (Lipinski definition) is 0. The fraction of sp³-hybridized carbons (Fsp3) is 0.143. The Morgan fingerprint density at radius 3 is 2.33 bits per heavy atom. The summed E-state index contributed by atoms with van der Waals surface area (Å²) in [6.45, 7) is 4.19. The molecular formula is C42H38. The maximum atomic E-state index is 5.56. The van der Waals surface area contributed by atoms with Crippen LogP contribution in [0.3, 0.4) is 0 Å². The molecule has 0 heteroatoms. The van der Waals surface area contributed by atoms with Crippen LogP contribution in [0.4, 0.5) is 0 Å². The number of terminal acetylenes is 1. The van der Waals surface area contributed by atoms with Gasteiger partial charge in [0.1, 0.15) is 0 Å². The van der Waals surface area contributed by atoms with Gasteiger partial charge in [0.2, 0.25) is 0 Å². The highest BCUT2D eigenvalue weighted by molar-refractivity contribution is 6.03. The first-order chi connectivity index (χ1) is 20.7. The third kappa shape index (κ3) is 6.38. The lowest BCUT2D eigenvalue weighted by Gasteiger charge is -2.13. The van der Waals surface area contributed by atoms with Gasteiger partial charge in [0.15, 0.2) is 0 Å². The zero-order valence-corrected chi connectivity index (χ0v) is 24.7. The average molecular weight is 543 g/mol. The second-order valence-corrected chi connectivity index (χ2v) is 10.5. The quantitative estimate of drug-likeness (QED) is 0.186. The molecule has 0 amide bonds. The molecule has 0 heterocycles. The molecule has 2 aliphatic rings. The van der Waals surface area contributed by atoms with Crippen LogP contribution in [-0.4, -0.2) is 0 Å². The standard InChI is InChI=1S/C42H38/c1-4-7-10-19-33(32-20-12-9-13-21-32)22-18-23-34-29-30-35(38-25-15-14-24-37(34)38)31-42-36(6-3)39-27-16-17-28-40(39)41(42)26-11-8-5-2/h2,4,6-7,9-20,22,24-30H,8,21,23,31H2,1,3H3/b7-4-,19-10-,22-18-,26-11-,33-32-,36-6-. The molecule has 3 aromatic carbocycles. The van der Waals surface area contributed by atoms with E-state index in [1.165, 1.54) is 60.9 Å². The molecule has 5 rings (SSSR count). The van der Waals surface area contributed by atoms with Crippen molar-refractivity contribution >= 4 is 21.9 Å². The van der Waals surface area contributed by atoms with E-state index in [1.807, 2.05) is 6.92 Å².